The molecule has 0 N–H and O–H groups in total. The summed E-state index contributed by atoms with van der Waals surface area (Å²) in [6, 6.07) is -0.107. The fraction of sp³-hybridized carbons (Fsp3) is 0.722. The number of piperidine rings is 1. The standard InChI is InChI=1S/C18H24N6O2/c25-16(11-23-10-14(19-22-23)12-7-8-12)24-9-2-1-6-15(24)18-21-20-17(26-18)13-4-3-5-13/h10,12-13,15H,1-9,11H2/t15-/m0/s1. The van der Waals surface area contributed by atoms with Gasteiger partial charge in [-0.2, -0.15) is 0 Å². The number of rotatable bonds is 5. The van der Waals surface area contributed by atoms with Crippen LogP contribution in [0.2, 0.25) is 0 Å². The largest absolute Gasteiger partial charge is 0.423 e. The van der Waals surface area contributed by atoms with Gasteiger partial charge in [0.25, 0.3) is 0 Å². The van der Waals surface area contributed by atoms with E-state index < -0.39 is 0 Å². The number of carbonyl (C=O) groups excluding carboxylic acids is 1. The lowest BCUT2D eigenvalue weighted by molar-refractivity contribution is -0.136. The zero-order valence-electron chi connectivity index (χ0n) is 14.9. The molecule has 0 aromatic carbocycles. The highest BCUT2D eigenvalue weighted by Gasteiger charge is 2.34. The minimum atomic E-state index is -0.107. The number of carbonyl (C=O) groups is 1. The fourth-order valence-corrected chi connectivity index (χ4v) is 3.87. The Morgan fingerprint density at radius 2 is 1.85 bits per heavy atom. The second-order valence-corrected chi connectivity index (χ2v) is 7.82. The van der Waals surface area contributed by atoms with Gasteiger partial charge in [-0.3, -0.25) is 4.79 Å². The molecule has 0 radical (unpaired) electrons. The average Bonchev–Trinajstić information content (AvgIpc) is 3.17. The van der Waals surface area contributed by atoms with E-state index in [1.54, 1.807) is 4.68 Å². The van der Waals surface area contributed by atoms with Crippen LogP contribution in [0.1, 0.15) is 86.7 Å². The van der Waals surface area contributed by atoms with Gasteiger partial charge in [-0.1, -0.05) is 11.6 Å². The Hall–Kier alpha value is -2.25. The third-order valence-corrected chi connectivity index (χ3v) is 5.87. The van der Waals surface area contributed by atoms with Crippen LogP contribution in [0.4, 0.5) is 0 Å². The van der Waals surface area contributed by atoms with Crippen LogP contribution in [-0.4, -0.2) is 42.5 Å². The SMILES string of the molecule is O=C(Cn1cc(C2CC2)nn1)N1CCCC[C@H]1c1nnc(C2CCC2)o1. The molecule has 2 aromatic heterocycles. The Bertz CT molecular complexity index is 791. The molecule has 138 valence electrons. The van der Waals surface area contributed by atoms with Crippen molar-refractivity contribution in [1.29, 1.82) is 0 Å². The Morgan fingerprint density at radius 3 is 2.62 bits per heavy atom. The lowest BCUT2D eigenvalue weighted by Crippen LogP contribution is -2.40. The first-order valence-corrected chi connectivity index (χ1v) is 9.81. The minimum Gasteiger partial charge on any atom is -0.423 e. The van der Waals surface area contributed by atoms with E-state index in [-0.39, 0.29) is 18.5 Å². The molecule has 8 nitrogen and oxygen atoms in total. The molecule has 5 rings (SSSR count). The molecule has 0 bridgehead atoms. The van der Waals surface area contributed by atoms with Crippen LogP contribution >= 0.6 is 0 Å². The van der Waals surface area contributed by atoms with Crippen LogP contribution < -0.4 is 0 Å². The molecule has 1 amide bonds. The second-order valence-electron chi connectivity index (χ2n) is 7.82. The Balaban J connectivity index is 1.30. The molecular formula is C18H24N6O2. The molecule has 0 spiro atoms. The predicted octanol–water partition coefficient (Wildman–Crippen LogP) is 2.56. The lowest BCUT2D eigenvalue weighted by Gasteiger charge is -2.33. The highest BCUT2D eigenvalue weighted by Crippen LogP contribution is 2.39. The van der Waals surface area contributed by atoms with E-state index in [1.165, 1.54) is 19.3 Å². The summed E-state index contributed by atoms with van der Waals surface area (Å²) in [6.07, 6.45) is 10.7. The quantitative estimate of drug-likeness (QED) is 0.818. The van der Waals surface area contributed by atoms with E-state index in [0.29, 0.717) is 17.7 Å². The minimum absolute atomic E-state index is 0.0466. The molecule has 1 atom stereocenters. The summed E-state index contributed by atoms with van der Waals surface area (Å²) in [7, 11) is 0. The fourth-order valence-electron chi connectivity index (χ4n) is 3.87. The van der Waals surface area contributed by atoms with Gasteiger partial charge in [0.1, 0.15) is 12.6 Å². The smallest absolute Gasteiger partial charge is 0.245 e. The summed E-state index contributed by atoms with van der Waals surface area (Å²) in [4.78, 5) is 14.8. The average molecular weight is 356 g/mol. The highest BCUT2D eigenvalue weighted by molar-refractivity contribution is 5.76. The third-order valence-electron chi connectivity index (χ3n) is 5.87. The van der Waals surface area contributed by atoms with Crippen molar-refractivity contribution >= 4 is 5.91 Å². The highest BCUT2D eigenvalue weighted by atomic mass is 16.4. The van der Waals surface area contributed by atoms with E-state index in [1.807, 2.05) is 11.1 Å². The van der Waals surface area contributed by atoms with Gasteiger partial charge in [0.2, 0.25) is 17.7 Å². The van der Waals surface area contributed by atoms with Crippen molar-refractivity contribution < 1.29 is 9.21 Å². The molecule has 3 fully saturated rings. The molecule has 1 aliphatic heterocycles. The topological polar surface area (TPSA) is 89.9 Å². The van der Waals surface area contributed by atoms with E-state index in [9.17, 15) is 4.79 Å². The number of hydrogen-bond donors (Lipinski definition) is 0. The van der Waals surface area contributed by atoms with Crippen molar-refractivity contribution in [3.63, 3.8) is 0 Å². The molecule has 2 aromatic rings. The van der Waals surface area contributed by atoms with E-state index >= 15 is 0 Å². The molecule has 2 saturated carbocycles. The van der Waals surface area contributed by atoms with E-state index in [0.717, 1.165) is 50.2 Å². The van der Waals surface area contributed by atoms with Crippen LogP contribution in [0, 0.1) is 0 Å². The monoisotopic (exact) mass is 356 g/mol. The molecule has 2 aliphatic carbocycles. The van der Waals surface area contributed by atoms with Gasteiger partial charge >= 0.3 is 0 Å². The summed E-state index contributed by atoms with van der Waals surface area (Å²) < 4.78 is 7.61. The van der Waals surface area contributed by atoms with Gasteiger partial charge in [-0.25, -0.2) is 4.68 Å². The summed E-state index contributed by atoms with van der Waals surface area (Å²) in [6.45, 7) is 0.953. The first-order valence-electron chi connectivity index (χ1n) is 9.81. The van der Waals surface area contributed by atoms with E-state index in [4.69, 9.17) is 4.42 Å². The van der Waals surface area contributed by atoms with Crippen LogP contribution in [0.3, 0.4) is 0 Å². The Kier molecular flexibility index (Phi) is 3.98. The number of hydrogen-bond acceptors (Lipinski definition) is 6. The van der Waals surface area contributed by atoms with Gasteiger partial charge < -0.3 is 9.32 Å². The van der Waals surface area contributed by atoms with E-state index in [2.05, 4.69) is 20.5 Å². The van der Waals surface area contributed by atoms with Gasteiger partial charge in [-0.05, 0) is 44.9 Å². The van der Waals surface area contributed by atoms with Gasteiger partial charge in [0.05, 0.1) is 5.69 Å². The van der Waals surface area contributed by atoms with Crippen LogP contribution in [-0.2, 0) is 11.3 Å². The molecule has 1 saturated heterocycles. The number of amides is 1. The maximum Gasteiger partial charge on any atom is 0.245 e. The van der Waals surface area contributed by atoms with Crippen molar-refractivity contribution in [2.24, 2.45) is 0 Å². The summed E-state index contributed by atoms with van der Waals surface area (Å²) in [5, 5.41) is 16.8. The summed E-state index contributed by atoms with van der Waals surface area (Å²) in [5.74, 6) is 2.35. The van der Waals surface area contributed by atoms with Crippen LogP contribution in [0.5, 0.6) is 0 Å². The molecular weight excluding hydrogens is 332 g/mol. The number of nitrogens with zero attached hydrogens (tertiary/aromatic N) is 6. The third kappa shape index (κ3) is 3.01. The van der Waals surface area contributed by atoms with Gasteiger partial charge in [0, 0.05) is 24.6 Å². The van der Waals surface area contributed by atoms with Gasteiger partial charge in [0.15, 0.2) is 0 Å². The number of aromatic nitrogens is 5. The van der Waals surface area contributed by atoms with Gasteiger partial charge in [-0.15, -0.1) is 15.3 Å². The van der Waals surface area contributed by atoms with Crippen molar-refractivity contribution in [3.8, 4) is 0 Å². The van der Waals surface area contributed by atoms with Crippen molar-refractivity contribution in [1.82, 2.24) is 30.1 Å². The second kappa shape index (κ2) is 6.48. The lowest BCUT2D eigenvalue weighted by atomic mass is 9.85. The first kappa shape index (κ1) is 16.0. The molecule has 8 heteroatoms. The molecule has 3 heterocycles. The zero-order valence-corrected chi connectivity index (χ0v) is 14.9. The molecule has 0 unspecified atom stereocenters. The maximum absolute atomic E-state index is 12.9. The summed E-state index contributed by atoms with van der Waals surface area (Å²) in [5.41, 5.74) is 1.01. The van der Waals surface area contributed by atoms with Crippen molar-refractivity contribution in [3.05, 3.63) is 23.7 Å². The Morgan fingerprint density at radius 1 is 1.00 bits per heavy atom. The normalized spacial score (nSPS) is 23.8. The predicted molar refractivity (Wildman–Crippen MR) is 91.2 cm³/mol. The summed E-state index contributed by atoms with van der Waals surface area (Å²) >= 11 is 0. The maximum atomic E-state index is 12.9. The van der Waals surface area contributed by atoms with Crippen LogP contribution in [0.15, 0.2) is 10.6 Å². The first-order chi connectivity index (χ1) is 12.8. The molecule has 26 heavy (non-hydrogen) atoms. The number of likely N-dealkylation sites (tertiary alicyclic amines) is 1. The zero-order chi connectivity index (χ0) is 17.5. The van der Waals surface area contributed by atoms with Crippen molar-refractivity contribution in [2.45, 2.75) is 75.8 Å². The van der Waals surface area contributed by atoms with Crippen molar-refractivity contribution in [2.75, 3.05) is 6.54 Å². The molecule has 3 aliphatic rings. The Labute approximate surface area is 151 Å². The van der Waals surface area contributed by atoms with Crippen LogP contribution in [0.25, 0.3) is 0 Å².